The molecule has 0 saturated heterocycles. The molecule has 0 rings (SSSR count). The van der Waals surface area contributed by atoms with Gasteiger partial charge in [-0.15, -0.1) is 0 Å². The first kappa shape index (κ1) is 13.0. The van der Waals surface area contributed by atoms with Gasteiger partial charge in [-0.1, -0.05) is 13.8 Å². The molecule has 0 heterocycles. The Balaban J connectivity index is 3.88. The van der Waals surface area contributed by atoms with Gasteiger partial charge in [0.15, 0.2) is 0 Å². The van der Waals surface area contributed by atoms with Gasteiger partial charge in [-0.3, -0.25) is 10.1 Å². The third-order valence-electron chi connectivity index (χ3n) is 2.03. The van der Waals surface area contributed by atoms with Crippen molar-refractivity contribution >= 4 is 6.29 Å². The molecule has 0 radical (unpaired) electrons. The highest BCUT2D eigenvalue weighted by atomic mass is 16.6. The molecule has 0 aliphatic rings. The van der Waals surface area contributed by atoms with Crippen molar-refractivity contribution in [3.63, 3.8) is 0 Å². The van der Waals surface area contributed by atoms with Crippen LogP contribution in [0.5, 0.6) is 0 Å². The second-order valence-electron chi connectivity index (χ2n) is 3.09. The van der Waals surface area contributed by atoms with Crippen molar-refractivity contribution in [2.24, 2.45) is 0 Å². The number of hydrogen-bond donors (Lipinski definition) is 0. The summed E-state index contributed by atoms with van der Waals surface area (Å²) in [5.41, 5.74) is 0. The summed E-state index contributed by atoms with van der Waals surface area (Å²) >= 11 is 0. The van der Waals surface area contributed by atoms with Crippen molar-refractivity contribution < 1.29 is 14.5 Å². The first-order valence-electron chi connectivity index (χ1n) is 4.86. The molecule has 0 amide bonds. The summed E-state index contributed by atoms with van der Waals surface area (Å²) in [5, 5.41) is 10.1. The Morgan fingerprint density at radius 3 is 2.36 bits per heavy atom. The fraction of sp³-hybridized carbons (Fsp3) is 0.889. The Morgan fingerprint density at radius 1 is 1.43 bits per heavy atom. The van der Waals surface area contributed by atoms with Crippen molar-refractivity contribution in [1.82, 2.24) is 0 Å². The summed E-state index contributed by atoms with van der Waals surface area (Å²) in [6, 6.07) is 0. The Hall–Kier alpha value is -0.970. The minimum Gasteiger partial charge on any atom is -0.367 e. The van der Waals surface area contributed by atoms with Crippen LogP contribution in [0.4, 0.5) is 0 Å². The van der Waals surface area contributed by atoms with Crippen LogP contribution in [0.2, 0.25) is 0 Å². The van der Waals surface area contributed by atoms with Crippen LogP contribution < -0.4 is 0 Å². The third kappa shape index (κ3) is 5.64. The molecule has 0 aliphatic carbocycles. The molecular formula is C9H17NO4. The van der Waals surface area contributed by atoms with E-state index in [2.05, 4.69) is 0 Å². The fourth-order valence-electron chi connectivity index (χ4n) is 1.13. The van der Waals surface area contributed by atoms with Gasteiger partial charge in [0.1, 0.15) is 12.4 Å². The summed E-state index contributed by atoms with van der Waals surface area (Å²) in [5.74, 6) is 0. The van der Waals surface area contributed by atoms with E-state index in [-0.39, 0.29) is 19.1 Å². The van der Waals surface area contributed by atoms with Crippen LogP contribution in [0, 0.1) is 10.1 Å². The molecule has 14 heavy (non-hydrogen) atoms. The molecule has 0 bridgehead atoms. The highest BCUT2D eigenvalue weighted by Gasteiger charge is 2.15. The second-order valence-corrected chi connectivity index (χ2v) is 3.09. The number of ether oxygens (including phenoxy) is 1. The van der Waals surface area contributed by atoms with Crippen LogP contribution in [-0.4, -0.2) is 30.0 Å². The Kier molecular flexibility index (Phi) is 6.92. The zero-order valence-electron chi connectivity index (χ0n) is 8.64. The molecule has 0 spiro atoms. The lowest BCUT2D eigenvalue weighted by Gasteiger charge is -2.17. The number of carbonyl (C=O) groups excluding carboxylic acids is 1. The van der Waals surface area contributed by atoms with Gasteiger partial charge in [0.2, 0.25) is 6.54 Å². The van der Waals surface area contributed by atoms with Crippen molar-refractivity contribution in [3.05, 3.63) is 10.1 Å². The topological polar surface area (TPSA) is 69.4 Å². The Morgan fingerprint density at radius 2 is 2.00 bits per heavy atom. The highest BCUT2D eigenvalue weighted by Crippen LogP contribution is 2.07. The summed E-state index contributed by atoms with van der Waals surface area (Å²) < 4.78 is 5.38. The van der Waals surface area contributed by atoms with Crippen molar-refractivity contribution in [2.75, 3.05) is 6.54 Å². The number of aldehydes is 1. The van der Waals surface area contributed by atoms with Crippen LogP contribution >= 0.6 is 0 Å². The number of carbonyl (C=O) groups is 1. The molecule has 0 saturated carbocycles. The van der Waals surface area contributed by atoms with Gasteiger partial charge in [0.05, 0.1) is 6.10 Å². The van der Waals surface area contributed by atoms with Crippen LogP contribution in [0.1, 0.15) is 33.1 Å². The second kappa shape index (κ2) is 7.44. The summed E-state index contributed by atoms with van der Waals surface area (Å²) in [7, 11) is 0. The summed E-state index contributed by atoms with van der Waals surface area (Å²) in [6.45, 7) is 3.70. The van der Waals surface area contributed by atoms with Gasteiger partial charge >= 0.3 is 0 Å². The van der Waals surface area contributed by atoms with Gasteiger partial charge in [0, 0.05) is 11.3 Å². The quantitative estimate of drug-likeness (QED) is 0.340. The van der Waals surface area contributed by atoms with E-state index in [1.54, 1.807) is 0 Å². The molecule has 0 aromatic carbocycles. The smallest absolute Gasteiger partial charge is 0.206 e. The molecule has 1 unspecified atom stereocenters. The van der Waals surface area contributed by atoms with Gasteiger partial charge < -0.3 is 9.53 Å². The van der Waals surface area contributed by atoms with E-state index in [1.165, 1.54) is 0 Å². The molecule has 0 fully saturated rings. The van der Waals surface area contributed by atoms with E-state index in [4.69, 9.17) is 4.74 Å². The molecule has 5 heteroatoms. The summed E-state index contributed by atoms with van der Waals surface area (Å²) in [6.07, 6.45) is 1.83. The molecule has 82 valence electrons. The largest absolute Gasteiger partial charge is 0.367 e. The van der Waals surface area contributed by atoms with Gasteiger partial charge in [-0.25, -0.2) is 0 Å². The first-order valence-corrected chi connectivity index (χ1v) is 4.86. The number of hydrogen-bond acceptors (Lipinski definition) is 4. The molecule has 1 atom stereocenters. The van der Waals surface area contributed by atoms with E-state index in [0.29, 0.717) is 6.29 Å². The Bertz CT molecular complexity index is 180. The summed E-state index contributed by atoms with van der Waals surface area (Å²) in [4.78, 5) is 20.2. The van der Waals surface area contributed by atoms with Crippen molar-refractivity contribution in [3.8, 4) is 0 Å². The van der Waals surface area contributed by atoms with Crippen LogP contribution in [0.15, 0.2) is 0 Å². The monoisotopic (exact) mass is 203 g/mol. The fourth-order valence-corrected chi connectivity index (χ4v) is 1.13. The van der Waals surface area contributed by atoms with E-state index in [0.717, 1.165) is 12.8 Å². The normalized spacial score (nSPS) is 12.8. The maximum atomic E-state index is 10.5. The molecular weight excluding hydrogens is 186 g/mol. The minimum absolute atomic E-state index is 0.0250. The van der Waals surface area contributed by atoms with Crippen LogP contribution in [0.25, 0.3) is 0 Å². The predicted molar refractivity (Wildman–Crippen MR) is 51.8 cm³/mol. The Labute approximate surface area is 83.6 Å². The number of nitro groups is 1. The van der Waals surface area contributed by atoms with E-state index in [9.17, 15) is 14.9 Å². The van der Waals surface area contributed by atoms with Gasteiger partial charge in [0.25, 0.3) is 0 Å². The van der Waals surface area contributed by atoms with Gasteiger partial charge in [-0.2, -0.15) is 0 Å². The standard InChI is InChI=1S/C9H17NO4/c1-3-8(4-2)14-9(7-11)5-6-10(12)13/h7-9H,3-6H2,1-2H3. The zero-order chi connectivity index (χ0) is 11.0. The number of rotatable bonds is 8. The lowest BCUT2D eigenvalue weighted by molar-refractivity contribution is -0.481. The average Bonchev–Trinajstić information content (AvgIpc) is 2.18. The minimum atomic E-state index is -0.634. The first-order chi connectivity index (χ1) is 6.63. The highest BCUT2D eigenvalue weighted by molar-refractivity contribution is 5.55. The lowest BCUT2D eigenvalue weighted by Crippen LogP contribution is -2.24. The van der Waals surface area contributed by atoms with Crippen molar-refractivity contribution in [1.29, 1.82) is 0 Å². The van der Waals surface area contributed by atoms with E-state index in [1.807, 2.05) is 13.8 Å². The third-order valence-corrected chi connectivity index (χ3v) is 2.03. The van der Waals surface area contributed by atoms with Crippen molar-refractivity contribution in [2.45, 2.75) is 45.3 Å². The maximum absolute atomic E-state index is 10.5. The maximum Gasteiger partial charge on any atom is 0.206 e. The van der Waals surface area contributed by atoms with E-state index < -0.39 is 11.0 Å². The predicted octanol–water partition coefficient (Wildman–Crippen LogP) is 1.43. The lowest BCUT2D eigenvalue weighted by atomic mass is 10.2. The van der Waals surface area contributed by atoms with E-state index >= 15 is 0 Å². The van der Waals surface area contributed by atoms with Crippen LogP contribution in [-0.2, 0) is 9.53 Å². The SMILES string of the molecule is CCC(CC)OC(C=O)CC[N+](=O)[O-]. The molecule has 0 aromatic heterocycles. The van der Waals surface area contributed by atoms with Gasteiger partial charge in [-0.05, 0) is 12.8 Å². The molecule has 0 aromatic rings. The molecule has 0 N–H and O–H groups in total. The number of nitrogens with zero attached hydrogens (tertiary/aromatic N) is 1. The zero-order valence-corrected chi connectivity index (χ0v) is 8.64. The molecule has 5 nitrogen and oxygen atoms in total. The molecule has 0 aliphatic heterocycles. The average molecular weight is 203 g/mol. The van der Waals surface area contributed by atoms with Crippen LogP contribution in [0.3, 0.4) is 0 Å².